The molecule has 2 aromatic rings. The van der Waals surface area contributed by atoms with Crippen LogP contribution in [0.4, 0.5) is 10.5 Å². The quantitative estimate of drug-likeness (QED) is 0.820. The molecule has 1 aliphatic carbocycles. The molecule has 0 spiro atoms. The fraction of sp³-hybridized carbons (Fsp3) is 0.286. The minimum Gasteiger partial charge on any atom is -0.325 e. The lowest BCUT2D eigenvalue weighted by Crippen LogP contribution is -2.42. The summed E-state index contributed by atoms with van der Waals surface area (Å²) in [5, 5.41) is 5.50. The molecule has 1 aliphatic heterocycles. The fourth-order valence-electron chi connectivity index (χ4n) is 3.80. The van der Waals surface area contributed by atoms with Crippen LogP contribution in [0.2, 0.25) is 0 Å². The summed E-state index contributed by atoms with van der Waals surface area (Å²) in [5.41, 5.74) is 2.79. The highest BCUT2D eigenvalue weighted by atomic mass is 16.2. The molecule has 4 amide bonds. The van der Waals surface area contributed by atoms with Gasteiger partial charge in [-0.3, -0.25) is 14.5 Å². The van der Waals surface area contributed by atoms with E-state index in [1.54, 1.807) is 19.1 Å². The molecular formula is C21H21N3O3. The van der Waals surface area contributed by atoms with Gasteiger partial charge >= 0.3 is 6.03 Å². The summed E-state index contributed by atoms with van der Waals surface area (Å²) in [5.74, 6) is -0.823. The van der Waals surface area contributed by atoms with E-state index >= 15 is 0 Å². The van der Waals surface area contributed by atoms with Crippen LogP contribution in [0.5, 0.6) is 0 Å². The largest absolute Gasteiger partial charge is 0.325 e. The Balaban J connectivity index is 1.47. The number of imide groups is 1. The van der Waals surface area contributed by atoms with Crippen LogP contribution in [0.3, 0.4) is 0 Å². The molecule has 6 heteroatoms. The number of anilines is 1. The van der Waals surface area contributed by atoms with Gasteiger partial charge in [0.1, 0.15) is 12.1 Å². The van der Waals surface area contributed by atoms with Gasteiger partial charge in [-0.15, -0.1) is 0 Å². The van der Waals surface area contributed by atoms with Crippen LogP contribution in [0.15, 0.2) is 48.5 Å². The zero-order valence-electron chi connectivity index (χ0n) is 15.1. The van der Waals surface area contributed by atoms with Gasteiger partial charge in [0, 0.05) is 5.69 Å². The third kappa shape index (κ3) is 3.07. The van der Waals surface area contributed by atoms with Gasteiger partial charge in [0.2, 0.25) is 5.91 Å². The van der Waals surface area contributed by atoms with E-state index in [4.69, 9.17) is 0 Å². The van der Waals surface area contributed by atoms with Gasteiger partial charge in [0.25, 0.3) is 5.91 Å². The Hall–Kier alpha value is -3.15. The second-order valence-electron chi connectivity index (χ2n) is 7.20. The Morgan fingerprint density at radius 1 is 1.11 bits per heavy atom. The van der Waals surface area contributed by atoms with Crippen LogP contribution in [0.25, 0.3) is 0 Å². The minimum absolute atomic E-state index is 0.315. The van der Waals surface area contributed by atoms with Crippen LogP contribution in [-0.4, -0.2) is 29.3 Å². The molecule has 4 rings (SSSR count). The van der Waals surface area contributed by atoms with Gasteiger partial charge in [-0.05, 0) is 55.0 Å². The summed E-state index contributed by atoms with van der Waals surface area (Å²) in [6.07, 6.45) is 3.22. The normalized spacial score (nSPS) is 21.1. The molecule has 0 radical (unpaired) electrons. The maximum absolute atomic E-state index is 12.8. The van der Waals surface area contributed by atoms with E-state index in [0.29, 0.717) is 11.3 Å². The highest BCUT2D eigenvalue weighted by molar-refractivity contribution is 6.10. The van der Waals surface area contributed by atoms with Crippen molar-refractivity contribution in [3.63, 3.8) is 0 Å². The van der Waals surface area contributed by atoms with Gasteiger partial charge in [-0.2, -0.15) is 0 Å². The zero-order chi connectivity index (χ0) is 19.0. The van der Waals surface area contributed by atoms with Crippen LogP contribution in [-0.2, 0) is 28.0 Å². The van der Waals surface area contributed by atoms with Crippen LogP contribution < -0.4 is 10.6 Å². The fourth-order valence-corrected chi connectivity index (χ4v) is 3.80. The molecule has 0 saturated carbocycles. The van der Waals surface area contributed by atoms with Crippen LogP contribution in [0.1, 0.15) is 30.0 Å². The Kier molecular flexibility index (Phi) is 4.18. The number of carbonyl (C=O) groups excluding carboxylic acids is 3. The number of nitrogens with zero attached hydrogens (tertiary/aromatic N) is 1. The molecule has 1 saturated heterocycles. The number of fused-ring (bicyclic) bond motifs is 1. The van der Waals surface area contributed by atoms with Gasteiger partial charge in [0.15, 0.2) is 0 Å². The summed E-state index contributed by atoms with van der Waals surface area (Å²) in [4.78, 5) is 38.6. The molecule has 27 heavy (non-hydrogen) atoms. The lowest BCUT2D eigenvalue weighted by Gasteiger charge is -2.22. The summed E-state index contributed by atoms with van der Waals surface area (Å²) in [7, 11) is 0. The summed E-state index contributed by atoms with van der Waals surface area (Å²) in [6.45, 7) is 1.34. The molecule has 0 aromatic heterocycles. The Morgan fingerprint density at radius 2 is 1.85 bits per heavy atom. The number of aryl methyl sites for hydroxylation is 2. The van der Waals surface area contributed by atoms with E-state index < -0.39 is 23.4 Å². The number of nitrogens with one attached hydrogen (secondary N) is 2. The molecule has 2 aliphatic rings. The van der Waals surface area contributed by atoms with Crippen LogP contribution in [0, 0.1) is 0 Å². The summed E-state index contributed by atoms with van der Waals surface area (Å²) in [6, 6.07) is 14.3. The Labute approximate surface area is 157 Å². The zero-order valence-corrected chi connectivity index (χ0v) is 15.1. The SMILES string of the molecule is C[C@]1(c2ccccc2)NC(=O)N(CC(=O)Nc2ccc3c(c2)CCC3)C1=O. The number of benzene rings is 2. The second-order valence-corrected chi connectivity index (χ2v) is 7.20. The van der Waals surface area contributed by atoms with Crippen molar-refractivity contribution in [1.29, 1.82) is 0 Å². The molecule has 6 nitrogen and oxygen atoms in total. The molecule has 1 fully saturated rings. The summed E-state index contributed by atoms with van der Waals surface area (Å²) < 4.78 is 0. The van der Waals surface area contributed by atoms with Gasteiger partial charge in [-0.25, -0.2) is 4.79 Å². The van der Waals surface area contributed by atoms with Gasteiger partial charge in [-0.1, -0.05) is 36.4 Å². The smallest absolute Gasteiger partial charge is 0.325 e. The van der Waals surface area contributed by atoms with Crippen molar-refractivity contribution in [1.82, 2.24) is 10.2 Å². The predicted molar refractivity (Wildman–Crippen MR) is 101 cm³/mol. The number of carbonyl (C=O) groups is 3. The molecule has 138 valence electrons. The van der Waals surface area contributed by atoms with Crippen molar-refractivity contribution >= 4 is 23.5 Å². The van der Waals surface area contributed by atoms with E-state index in [1.807, 2.05) is 36.4 Å². The monoisotopic (exact) mass is 363 g/mol. The third-order valence-electron chi connectivity index (χ3n) is 5.31. The first kappa shape index (κ1) is 17.3. The molecule has 2 N–H and O–H groups in total. The van der Waals surface area contributed by atoms with E-state index in [-0.39, 0.29) is 6.54 Å². The topological polar surface area (TPSA) is 78.5 Å². The first-order valence-corrected chi connectivity index (χ1v) is 9.09. The third-order valence-corrected chi connectivity index (χ3v) is 5.31. The van der Waals surface area contributed by atoms with Crippen molar-refractivity contribution in [2.75, 3.05) is 11.9 Å². The summed E-state index contributed by atoms with van der Waals surface area (Å²) >= 11 is 0. The number of urea groups is 1. The molecule has 1 heterocycles. The van der Waals surface area contributed by atoms with Crippen molar-refractivity contribution in [2.45, 2.75) is 31.7 Å². The Morgan fingerprint density at radius 3 is 2.63 bits per heavy atom. The number of hydrogen-bond acceptors (Lipinski definition) is 3. The molecule has 0 unspecified atom stereocenters. The second kappa shape index (κ2) is 6.54. The standard InChI is InChI=1S/C21H21N3O3/c1-21(16-8-3-2-4-9-16)19(26)24(20(27)23-21)13-18(25)22-17-11-10-14-6-5-7-15(14)12-17/h2-4,8-12H,5-7,13H2,1H3,(H,22,25)(H,23,27)/t21-/m1/s1. The number of hydrogen-bond donors (Lipinski definition) is 2. The van der Waals surface area contributed by atoms with Gasteiger partial charge < -0.3 is 10.6 Å². The maximum atomic E-state index is 12.8. The molecule has 0 bridgehead atoms. The van der Waals surface area contributed by atoms with E-state index in [9.17, 15) is 14.4 Å². The predicted octanol–water partition coefficient (Wildman–Crippen LogP) is 2.58. The lowest BCUT2D eigenvalue weighted by molar-refractivity contribution is -0.133. The lowest BCUT2D eigenvalue weighted by atomic mass is 9.92. The maximum Gasteiger partial charge on any atom is 0.325 e. The van der Waals surface area contributed by atoms with Crippen molar-refractivity contribution in [3.8, 4) is 0 Å². The molecule has 2 aromatic carbocycles. The highest BCUT2D eigenvalue weighted by Gasteiger charge is 2.49. The van der Waals surface area contributed by atoms with Gasteiger partial charge in [0.05, 0.1) is 0 Å². The number of rotatable bonds is 4. The van der Waals surface area contributed by atoms with E-state index in [0.717, 1.165) is 24.2 Å². The molecule has 1 atom stereocenters. The first-order valence-electron chi connectivity index (χ1n) is 9.09. The van der Waals surface area contributed by atoms with E-state index in [1.165, 1.54) is 11.1 Å². The van der Waals surface area contributed by atoms with E-state index in [2.05, 4.69) is 10.6 Å². The average molecular weight is 363 g/mol. The average Bonchev–Trinajstić information content (AvgIpc) is 3.21. The van der Waals surface area contributed by atoms with Crippen molar-refractivity contribution in [3.05, 3.63) is 65.2 Å². The van der Waals surface area contributed by atoms with Crippen LogP contribution >= 0.6 is 0 Å². The molecular weight excluding hydrogens is 342 g/mol. The van der Waals surface area contributed by atoms with Crippen molar-refractivity contribution in [2.24, 2.45) is 0 Å². The first-order chi connectivity index (χ1) is 13.0. The Bertz CT molecular complexity index is 926. The highest BCUT2D eigenvalue weighted by Crippen LogP contribution is 2.29. The minimum atomic E-state index is -1.16. The number of amides is 4. The van der Waals surface area contributed by atoms with Crippen molar-refractivity contribution < 1.29 is 14.4 Å².